The zero-order valence-electron chi connectivity index (χ0n) is 10.3. The van der Waals surface area contributed by atoms with Gasteiger partial charge in [0.25, 0.3) is 0 Å². The molecule has 0 heterocycles. The monoisotopic (exact) mass is 310 g/mol. The average Bonchev–Trinajstić information content (AvgIpc) is 2.46. The second-order valence-corrected chi connectivity index (χ2v) is 5.08. The Morgan fingerprint density at radius 2 is 1.90 bits per heavy atom. The molecule has 6 heteroatoms. The van der Waals surface area contributed by atoms with Gasteiger partial charge in [-0.15, -0.1) is 0 Å². The summed E-state index contributed by atoms with van der Waals surface area (Å²) in [5.74, 6) is -0.213. The molecule has 0 aromatic heterocycles. The van der Waals surface area contributed by atoms with E-state index in [1.54, 1.807) is 36.4 Å². The molecule has 0 fully saturated rings. The first-order chi connectivity index (χ1) is 9.58. The van der Waals surface area contributed by atoms with Gasteiger partial charge in [0.05, 0.1) is 6.61 Å². The highest BCUT2D eigenvalue weighted by Gasteiger charge is 2.14. The van der Waals surface area contributed by atoms with Gasteiger partial charge in [0, 0.05) is 16.1 Å². The Kier molecular flexibility index (Phi) is 5.03. The molecule has 0 amide bonds. The van der Waals surface area contributed by atoms with Crippen LogP contribution in [0, 0.1) is 0 Å². The maximum Gasteiger partial charge on any atom is 0.302 e. The zero-order chi connectivity index (χ0) is 14.5. The van der Waals surface area contributed by atoms with E-state index in [1.807, 2.05) is 6.07 Å². The van der Waals surface area contributed by atoms with Crippen molar-refractivity contribution in [3.63, 3.8) is 0 Å². The van der Waals surface area contributed by atoms with E-state index in [0.717, 1.165) is 0 Å². The van der Waals surface area contributed by atoms with Crippen molar-refractivity contribution in [3.05, 3.63) is 70.2 Å². The SMILES string of the molecule is O=C(c1ccccc1)c1cc(Cl)ccc1COS(=O)O. The van der Waals surface area contributed by atoms with Gasteiger partial charge in [-0.1, -0.05) is 48.0 Å². The van der Waals surface area contributed by atoms with Crippen molar-refractivity contribution in [1.29, 1.82) is 0 Å². The lowest BCUT2D eigenvalue weighted by Crippen LogP contribution is -2.07. The van der Waals surface area contributed by atoms with Crippen LogP contribution in [-0.4, -0.2) is 14.5 Å². The summed E-state index contributed by atoms with van der Waals surface area (Å²) in [6.45, 7) is -0.145. The van der Waals surface area contributed by atoms with Crippen molar-refractivity contribution in [3.8, 4) is 0 Å². The predicted molar refractivity (Wildman–Crippen MR) is 76.9 cm³/mol. The lowest BCUT2D eigenvalue weighted by molar-refractivity contribution is 0.103. The first-order valence-electron chi connectivity index (χ1n) is 5.70. The fraction of sp³-hybridized carbons (Fsp3) is 0.0714. The van der Waals surface area contributed by atoms with Crippen LogP contribution in [0.5, 0.6) is 0 Å². The minimum absolute atomic E-state index is 0.145. The quantitative estimate of drug-likeness (QED) is 0.680. The smallest absolute Gasteiger partial charge is 0.289 e. The highest BCUT2D eigenvalue weighted by Crippen LogP contribution is 2.20. The van der Waals surface area contributed by atoms with E-state index >= 15 is 0 Å². The van der Waals surface area contributed by atoms with Gasteiger partial charge in [-0.3, -0.25) is 13.5 Å². The molecule has 20 heavy (non-hydrogen) atoms. The van der Waals surface area contributed by atoms with Gasteiger partial charge in [-0.2, -0.15) is 4.21 Å². The lowest BCUT2D eigenvalue weighted by Gasteiger charge is -2.08. The van der Waals surface area contributed by atoms with Gasteiger partial charge in [0.15, 0.2) is 5.78 Å². The van der Waals surface area contributed by atoms with E-state index in [4.69, 9.17) is 16.2 Å². The Morgan fingerprint density at radius 3 is 2.55 bits per heavy atom. The Morgan fingerprint density at radius 1 is 1.20 bits per heavy atom. The second kappa shape index (κ2) is 6.76. The number of hydrogen-bond donors (Lipinski definition) is 1. The van der Waals surface area contributed by atoms with Crippen molar-refractivity contribution in [2.24, 2.45) is 0 Å². The van der Waals surface area contributed by atoms with Crippen molar-refractivity contribution < 1.29 is 17.7 Å². The number of carbonyl (C=O) groups excluding carboxylic acids is 1. The molecule has 2 rings (SSSR count). The number of rotatable bonds is 5. The molecule has 4 nitrogen and oxygen atoms in total. The molecule has 0 aliphatic heterocycles. The van der Waals surface area contributed by atoms with E-state index in [2.05, 4.69) is 4.18 Å². The predicted octanol–water partition coefficient (Wildman–Crippen LogP) is 3.22. The summed E-state index contributed by atoms with van der Waals surface area (Å²) < 4.78 is 23.8. The molecule has 1 N–H and O–H groups in total. The van der Waals surface area contributed by atoms with Crippen molar-refractivity contribution in [1.82, 2.24) is 0 Å². The topological polar surface area (TPSA) is 63.6 Å². The third kappa shape index (κ3) is 3.74. The van der Waals surface area contributed by atoms with Gasteiger partial charge in [0.1, 0.15) is 0 Å². The maximum absolute atomic E-state index is 12.4. The van der Waals surface area contributed by atoms with Crippen molar-refractivity contribution in [2.75, 3.05) is 0 Å². The van der Waals surface area contributed by atoms with E-state index in [1.165, 1.54) is 6.07 Å². The molecule has 0 saturated carbocycles. The van der Waals surface area contributed by atoms with E-state index in [-0.39, 0.29) is 12.4 Å². The van der Waals surface area contributed by atoms with E-state index < -0.39 is 11.4 Å². The van der Waals surface area contributed by atoms with Crippen LogP contribution in [0.15, 0.2) is 48.5 Å². The van der Waals surface area contributed by atoms with Crippen molar-refractivity contribution >= 4 is 28.7 Å². The third-order valence-electron chi connectivity index (χ3n) is 2.67. The van der Waals surface area contributed by atoms with Gasteiger partial charge in [0.2, 0.25) is 0 Å². The van der Waals surface area contributed by atoms with Crippen molar-refractivity contribution in [2.45, 2.75) is 6.61 Å². The molecule has 0 radical (unpaired) electrons. The summed E-state index contributed by atoms with van der Waals surface area (Å²) in [5, 5.41) is 0.415. The van der Waals surface area contributed by atoms with Crippen LogP contribution in [0.4, 0.5) is 0 Å². The van der Waals surface area contributed by atoms with Gasteiger partial charge in [-0.05, 0) is 17.7 Å². The van der Waals surface area contributed by atoms with Gasteiger partial charge in [-0.25, -0.2) is 0 Å². The van der Waals surface area contributed by atoms with Crippen LogP contribution >= 0.6 is 11.6 Å². The standard InChI is InChI=1S/C14H11ClO4S/c15-12-7-6-11(9-19-20(17)18)13(8-12)14(16)10-4-2-1-3-5-10/h1-8H,9H2,(H,17,18). The molecule has 0 saturated heterocycles. The molecular formula is C14H11ClO4S. The van der Waals surface area contributed by atoms with Gasteiger partial charge < -0.3 is 0 Å². The van der Waals surface area contributed by atoms with E-state index in [0.29, 0.717) is 21.7 Å². The molecule has 2 aromatic rings. The Hall–Kier alpha value is -1.53. The molecule has 104 valence electrons. The summed E-state index contributed by atoms with van der Waals surface area (Å²) in [7, 11) is 0. The average molecular weight is 311 g/mol. The number of carbonyl (C=O) groups is 1. The third-order valence-corrected chi connectivity index (χ3v) is 3.22. The summed E-state index contributed by atoms with van der Waals surface area (Å²) >= 11 is 3.53. The van der Waals surface area contributed by atoms with Crippen LogP contribution in [0.3, 0.4) is 0 Å². The normalized spacial score (nSPS) is 12.1. The van der Waals surface area contributed by atoms with Crippen LogP contribution in [0.25, 0.3) is 0 Å². The molecule has 2 aromatic carbocycles. The highest BCUT2D eigenvalue weighted by atomic mass is 35.5. The fourth-order valence-corrected chi connectivity index (χ4v) is 2.14. The number of halogens is 1. The number of benzene rings is 2. The molecule has 1 unspecified atom stereocenters. The molecule has 0 spiro atoms. The Bertz CT molecular complexity index is 643. The second-order valence-electron chi connectivity index (χ2n) is 3.98. The van der Waals surface area contributed by atoms with Crippen LogP contribution in [0.2, 0.25) is 5.02 Å². The molecular weight excluding hydrogens is 300 g/mol. The minimum atomic E-state index is -2.38. The molecule has 0 aliphatic rings. The molecule has 0 bridgehead atoms. The summed E-state index contributed by atoms with van der Waals surface area (Å²) in [6, 6.07) is 13.4. The first-order valence-corrected chi connectivity index (χ1v) is 7.11. The minimum Gasteiger partial charge on any atom is -0.289 e. The molecule has 1 atom stereocenters. The zero-order valence-corrected chi connectivity index (χ0v) is 11.9. The van der Waals surface area contributed by atoms with Crippen LogP contribution in [-0.2, 0) is 22.2 Å². The fourth-order valence-electron chi connectivity index (χ4n) is 1.74. The summed E-state index contributed by atoms with van der Waals surface area (Å²) in [6.07, 6.45) is 0. The first kappa shape index (κ1) is 14.9. The van der Waals surface area contributed by atoms with Gasteiger partial charge >= 0.3 is 11.4 Å². The van der Waals surface area contributed by atoms with Crippen LogP contribution < -0.4 is 0 Å². The van der Waals surface area contributed by atoms with Crippen LogP contribution in [0.1, 0.15) is 21.5 Å². The molecule has 0 aliphatic carbocycles. The number of ketones is 1. The Labute approximate surface area is 123 Å². The maximum atomic E-state index is 12.4. The lowest BCUT2D eigenvalue weighted by atomic mass is 9.99. The summed E-state index contributed by atoms with van der Waals surface area (Å²) in [5.41, 5.74) is 1.38. The largest absolute Gasteiger partial charge is 0.302 e. The highest BCUT2D eigenvalue weighted by molar-refractivity contribution is 7.74. The summed E-state index contributed by atoms with van der Waals surface area (Å²) in [4.78, 5) is 12.4. The Balaban J connectivity index is 2.36. The van der Waals surface area contributed by atoms with E-state index in [9.17, 15) is 9.00 Å². The number of hydrogen-bond acceptors (Lipinski definition) is 3.